The summed E-state index contributed by atoms with van der Waals surface area (Å²) >= 11 is 0. The van der Waals surface area contributed by atoms with Crippen LogP contribution in [0.4, 0.5) is 30.5 Å². The fourth-order valence-corrected chi connectivity index (χ4v) is 3.87. The number of halogens is 3. The van der Waals surface area contributed by atoms with E-state index in [-0.39, 0.29) is 17.7 Å². The number of rotatable bonds is 9. The average molecular weight is 519 g/mol. The molecule has 0 atom stereocenters. The van der Waals surface area contributed by atoms with Crippen LogP contribution in [0.25, 0.3) is 0 Å². The van der Waals surface area contributed by atoms with Crippen molar-refractivity contribution in [1.82, 2.24) is 9.97 Å². The smallest absolute Gasteiger partial charge is 0.372 e. The minimum Gasteiger partial charge on any atom is -0.372 e. The Morgan fingerprint density at radius 1 is 0.895 bits per heavy atom. The maximum Gasteiger partial charge on any atom is 0.416 e. The molecule has 0 spiro atoms. The highest BCUT2D eigenvalue weighted by molar-refractivity contribution is 6.07. The quantitative estimate of drug-likeness (QED) is 0.203. The summed E-state index contributed by atoms with van der Waals surface area (Å²) < 4.78 is 39.1. The number of alkyl halides is 3. The molecule has 3 aromatic carbocycles. The first-order chi connectivity index (χ1) is 18.2. The van der Waals surface area contributed by atoms with E-state index < -0.39 is 17.6 Å². The molecule has 0 radical (unpaired) electrons. The summed E-state index contributed by atoms with van der Waals surface area (Å²) in [5, 5.41) is 17.7. The molecule has 38 heavy (non-hydrogen) atoms. The third-order valence-electron chi connectivity index (χ3n) is 5.71. The van der Waals surface area contributed by atoms with Crippen LogP contribution in [0.1, 0.15) is 32.6 Å². The number of nitrogens with one attached hydrogen (secondary N) is 4. The predicted molar refractivity (Wildman–Crippen MR) is 142 cm³/mol. The fraction of sp³-hybridized carbons (Fsp3) is 0.143. The third-order valence-corrected chi connectivity index (χ3v) is 5.71. The molecular formula is C28H25F3N6O. The number of nitrogens with zero attached hydrogens (tertiary/aromatic N) is 2. The van der Waals surface area contributed by atoms with E-state index in [0.717, 1.165) is 23.3 Å². The average Bonchev–Trinajstić information content (AvgIpc) is 2.92. The zero-order chi connectivity index (χ0) is 27.1. The second kappa shape index (κ2) is 11.5. The Morgan fingerprint density at radius 2 is 1.61 bits per heavy atom. The SMILES string of the molecule is CNc1ncnc(NCc2ccccc2)c1C(=N)Cc1cccc(NC(=O)c2cccc(C(F)(F)F)c2)c1. The van der Waals surface area contributed by atoms with Crippen molar-refractivity contribution >= 4 is 28.9 Å². The Bertz CT molecular complexity index is 1440. The first kappa shape index (κ1) is 26.3. The van der Waals surface area contributed by atoms with Crippen LogP contribution < -0.4 is 16.0 Å². The van der Waals surface area contributed by atoms with Gasteiger partial charge in [-0.3, -0.25) is 4.79 Å². The largest absolute Gasteiger partial charge is 0.416 e. The molecule has 10 heteroatoms. The van der Waals surface area contributed by atoms with Crippen LogP contribution in [0.3, 0.4) is 0 Å². The number of hydrogen-bond donors (Lipinski definition) is 4. The molecule has 1 aromatic heterocycles. The lowest BCUT2D eigenvalue weighted by Crippen LogP contribution is -2.15. The second-order valence-electron chi connectivity index (χ2n) is 8.42. The zero-order valence-corrected chi connectivity index (χ0v) is 20.4. The molecule has 0 aliphatic rings. The van der Waals surface area contributed by atoms with E-state index in [1.807, 2.05) is 30.3 Å². The summed E-state index contributed by atoms with van der Waals surface area (Å²) in [6.45, 7) is 0.512. The molecule has 0 aliphatic heterocycles. The number of benzene rings is 3. The molecule has 4 rings (SSSR count). The van der Waals surface area contributed by atoms with Crippen molar-refractivity contribution in [3.05, 3.63) is 113 Å². The van der Waals surface area contributed by atoms with Gasteiger partial charge in [-0.2, -0.15) is 13.2 Å². The fourth-order valence-electron chi connectivity index (χ4n) is 3.87. The predicted octanol–water partition coefficient (Wildman–Crippen LogP) is 6.01. The standard InChI is InChI=1S/C28H25F3N6O/c1-33-25-24(26(36-17-35-25)34-16-18-7-3-2-4-8-18)23(32)14-19-9-5-12-22(13-19)37-27(38)20-10-6-11-21(15-20)28(29,30)31/h2-13,15,17,32H,14,16H2,1H3,(H,37,38)(H2,33,34,35,36). The summed E-state index contributed by atoms with van der Waals surface area (Å²) in [6.07, 6.45) is -2.92. The van der Waals surface area contributed by atoms with E-state index in [9.17, 15) is 18.0 Å². The molecule has 0 bridgehead atoms. The van der Waals surface area contributed by atoms with Crippen LogP contribution in [0.15, 0.2) is 85.2 Å². The van der Waals surface area contributed by atoms with Crippen LogP contribution in [0.2, 0.25) is 0 Å². The maximum absolute atomic E-state index is 13.0. The van der Waals surface area contributed by atoms with E-state index >= 15 is 0 Å². The number of hydrogen-bond acceptors (Lipinski definition) is 6. The normalized spacial score (nSPS) is 11.1. The highest BCUT2D eigenvalue weighted by Crippen LogP contribution is 2.30. The summed E-state index contributed by atoms with van der Waals surface area (Å²) in [5.74, 6) is 0.339. The van der Waals surface area contributed by atoms with Crippen LogP contribution in [0.5, 0.6) is 0 Å². The minimum absolute atomic E-state index is 0.104. The topological polar surface area (TPSA) is 103 Å². The first-order valence-electron chi connectivity index (χ1n) is 11.7. The van der Waals surface area contributed by atoms with Crippen molar-refractivity contribution in [1.29, 1.82) is 5.41 Å². The third kappa shape index (κ3) is 6.52. The van der Waals surface area contributed by atoms with Gasteiger partial charge in [-0.05, 0) is 41.5 Å². The molecule has 4 aromatic rings. The van der Waals surface area contributed by atoms with Crippen molar-refractivity contribution in [3.8, 4) is 0 Å². The summed E-state index contributed by atoms with van der Waals surface area (Å²) in [6, 6.07) is 20.9. The Hall–Kier alpha value is -4.73. The molecule has 1 amide bonds. The molecule has 194 valence electrons. The Morgan fingerprint density at radius 3 is 2.34 bits per heavy atom. The van der Waals surface area contributed by atoms with Crippen molar-refractivity contribution in [2.75, 3.05) is 23.0 Å². The summed E-state index contributed by atoms with van der Waals surface area (Å²) in [5.41, 5.74) is 1.94. The van der Waals surface area contributed by atoms with E-state index in [4.69, 9.17) is 5.41 Å². The van der Waals surface area contributed by atoms with Crippen molar-refractivity contribution in [3.63, 3.8) is 0 Å². The van der Waals surface area contributed by atoms with Crippen LogP contribution in [-0.2, 0) is 19.1 Å². The molecule has 0 aliphatic carbocycles. The number of anilines is 3. The molecule has 0 unspecified atom stereocenters. The van der Waals surface area contributed by atoms with Gasteiger partial charge in [0.2, 0.25) is 0 Å². The van der Waals surface area contributed by atoms with Gasteiger partial charge in [0.15, 0.2) is 0 Å². The van der Waals surface area contributed by atoms with E-state index in [2.05, 4.69) is 25.9 Å². The van der Waals surface area contributed by atoms with Gasteiger partial charge in [-0.1, -0.05) is 48.5 Å². The van der Waals surface area contributed by atoms with Gasteiger partial charge in [-0.25, -0.2) is 9.97 Å². The van der Waals surface area contributed by atoms with Gasteiger partial charge in [0.25, 0.3) is 5.91 Å². The van der Waals surface area contributed by atoms with Gasteiger partial charge in [0, 0.05) is 31.3 Å². The molecule has 0 fully saturated rings. The van der Waals surface area contributed by atoms with E-state index in [1.54, 1.807) is 31.3 Å². The highest BCUT2D eigenvalue weighted by Gasteiger charge is 2.30. The first-order valence-corrected chi connectivity index (χ1v) is 11.7. The number of carbonyl (C=O) groups excluding carboxylic acids is 1. The van der Waals surface area contributed by atoms with Gasteiger partial charge in [-0.15, -0.1) is 0 Å². The zero-order valence-electron chi connectivity index (χ0n) is 20.4. The van der Waals surface area contributed by atoms with Gasteiger partial charge < -0.3 is 21.4 Å². The van der Waals surface area contributed by atoms with E-state index in [1.165, 1.54) is 18.5 Å². The Kier molecular flexibility index (Phi) is 8.00. The van der Waals surface area contributed by atoms with E-state index in [0.29, 0.717) is 29.4 Å². The summed E-state index contributed by atoms with van der Waals surface area (Å²) in [7, 11) is 1.71. The molecule has 4 N–H and O–H groups in total. The number of aromatic nitrogens is 2. The number of amides is 1. The van der Waals surface area contributed by atoms with Gasteiger partial charge in [0.1, 0.15) is 18.0 Å². The highest BCUT2D eigenvalue weighted by atomic mass is 19.4. The Labute approximate surface area is 217 Å². The van der Waals surface area contributed by atoms with Crippen LogP contribution in [-0.4, -0.2) is 28.6 Å². The molecule has 7 nitrogen and oxygen atoms in total. The lowest BCUT2D eigenvalue weighted by molar-refractivity contribution is -0.137. The molecule has 1 heterocycles. The van der Waals surface area contributed by atoms with Gasteiger partial charge >= 0.3 is 6.18 Å². The lowest BCUT2D eigenvalue weighted by Gasteiger charge is -2.15. The van der Waals surface area contributed by atoms with Crippen molar-refractivity contribution in [2.45, 2.75) is 19.1 Å². The van der Waals surface area contributed by atoms with Crippen LogP contribution in [0, 0.1) is 5.41 Å². The van der Waals surface area contributed by atoms with Crippen LogP contribution >= 0.6 is 0 Å². The maximum atomic E-state index is 13.0. The minimum atomic E-state index is -4.54. The molecule has 0 saturated heterocycles. The second-order valence-corrected chi connectivity index (χ2v) is 8.42. The molecular weight excluding hydrogens is 493 g/mol. The Balaban J connectivity index is 1.50. The van der Waals surface area contributed by atoms with Crippen molar-refractivity contribution < 1.29 is 18.0 Å². The van der Waals surface area contributed by atoms with Crippen molar-refractivity contribution in [2.24, 2.45) is 0 Å². The molecule has 0 saturated carbocycles. The monoisotopic (exact) mass is 518 g/mol. The summed E-state index contributed by atoms with van der Waals surface area (Å²) in [4.78, 5) is 21.2. The van der Waals surface area contributed by atoms with Gasteiger partial charge in [0.05, 0.1) is 16.8 Å². The number of carbonyl (C=O) groups is 1. The lowest BCUT2D eigenvalue weighted by atomic mass is 10.0.